The lowest BCUT2D eigenvalue weighted by molar-refractivity contribution is -0.651. The zero-order chi connectivity index (χ0) is 12.6. The van der Waals surface area contributed by atoms with E-state index in [0.29, 0.717) is 0 Å². The van der Waals surface area contributed by atoms with Crippen molar-refractivity contribution in [1.82, 2.24) is 0 Å². The Morgan fingerprint density at radius 3 is 2.71 bits per heavy atom. The van der Waals surface area contributed by atoms with Crippen molar-refractivity contribution in [3.63, 3.8) is 0 Å². The van der Waals surface area contributed by atoms with Crippen LogP contribution < -0.4 is 15.6 Å². The lowest BCUT2D eigenvalue weighted by Gasteiger charge is -2.06. The molecule has 0 radical (unpaired) electrons. The zero-order valence-electron chi connectivity index (χ0n) is 10.2. The van der Waals surface area contributed by atoms with E-state index in [9.17, 15) is 4.79 Å². The topological polar surface area (TPSA) is 59.0 Å². The average Bonchev–Trinajstić information content (AvgIpc) is 2.25. The monoisotopic (exact) mass is 230 g/mol. The number of aryl methyl sites for hydroxylation is 2. The molecule has 0 spiro atoms. The van der Waals surface area contributed by atoms with Gasteiger partial charge >= 0.3 is 0 Å². The maximum atomic E-state index is 11.0. The number of nitrogens with two attached hydrogens (primary N) is 1. The highest BCUT2D eigenvalue weighted by Crippen LogP contribution is 2.22. The Morgan fingerprint density at radius 1 is 1.35 bits per heavy atom. The van der Waals surface area contributed by atoms with Crippen LogP contribution in [0.25, 0.3) is 10.9 Å². The van der Waals surface area contributed by atoms with Crippen LogP contribution >= 0.6 is 0 Å². The highest BCUT2D eigenvalue weighted by Gasteiger charge is 2.12. The third kappa shape index (κ3) is 2.06. The second kappa shape index (κ2) is 4.05. The number of aromatic nitrogens is 1. The van der Waals surface area contributed by atoms with Gasteiger partial charge in [0.1, 0.15) is 7.05 Å². The Morgan fingerprint density at radius 2 is 2.06 bits per heavy atom. The van der Waals surface area contributed by atoms with E-state index in [1.54, 1.807) is 0 Å². The number of benzene rings is 1. The number of nitrogen functional groups attached to an aromatic ring is 1. The average molecular weight is 230 g/mol. The van der Waals surface area contributed by atoms with Gasteiger partial charge in [0.15, 0.2) is 5.69 Å². The number of amides is 1. The van der Waals surface area contributed by atoms with Crippen LogP contribution in [0.5, 0.6) is 0 Å². The van der Waals surface area contributed by atoms with E-state index in [0.717, 1.165) is 28.0 Å². The van der Waals surface area contributed by atoms with E-state index in [2.05, 4.69) is 9.88 Å². The molecule has 4 heteroatoms. The first-order valence-electron chi connectivity index (χ1n) is 5.45. The molecule has 0 unspecified atom stereocenters. The standard InChI is InChI=1S/C13H15N3O/c1-8-6-12(14)11-7-10(15-9(2)17)4-5-13(11)16(8)3/h4-7,14H,1-3H3,(H,15,17)/p+1. The van der Waals surface area contributed by atoms with Gasteiger partial charge in [-0.05, 0) is 12.1 Å². The van der Waals surface area contributed by atoms with Crippen LogP contribution in [0.1, 0.15) is 12.6 Å². The van der Waals surface area contributed by atoms with Crippen molar-refractivity contribution in [1.29, 1.82) is 0 Å². The zero-order valence-corrected chi connectivity index (χ0v) is 10.2. The Labute approximate surface area is 100 Å². The molecular weight excluding hydrogens is 214 g/mol. The number of pyridine rings is 1. The summed E-state index contributed by atoms with van der Waals surface area (Å²) in [4.78, 5) is 11.0. The summed E-state index contributed by atoms with van der Waals surface area (Å²) in [7, 11) is 2.00. The van der Waals surface area contributed by atoms with Gasteiger partial charge < -0.3 is 11.1 Å². The first-order valence-corrected chi connectivity index (χ1v) is 5.45. The van der Waals surface area contributed by atoms with Crippen molar-refractivity contribution >= 4 is 28.2 Å². The van der Waals surface area contributed by atoms with Gasteiger partial charge in [0.25, 0.3) is 0 Å². The maximum absolute atomic E-state index is 11.0. The van der Waals surface area contributed by atoms with Gasteiger partial charge in [0.2, 0.25) is 11.4 Å². The Hall–Kier alpha value is -2.10. The van der Waals surface area contributed by atoms with Crippen molar-refractivity contribution in [3.05, 3.63) is 30.0 Å². The summed E-state index contributed by atoms with van der Waals surface area (Å²) < 4.78 is 2.07. The van der Waals surface area contributed by atoms with Crippen molar-refractivity contribution in [2.45, 2.75) is 13.8 Å². The first kappa shape index (κ1) is 11.4. The van der Waals surface area contributed by atoms with Gasteiger partial charge in [-0.15, -0.1) is 0 Å². The molecule has 0 saturated heterocycles. The molecule has 2 rings (SSSR count). The van der Waals surface area contributed by atoms with Crippen molar-refractivity contribution in [2.75, 3.05) is 11.1 Å². The molecular formula is C13H16N3O+. The fourth-order valence-corrected chi connectivity index (χ4v) is 1.93. The Kier molecular flexibility index (Phi) is 2.71. The van der Waals surface area contributed by atoms with E-state index in [-0.39, 0.29) is 5.91 Å². The number of rotatable bonds is 1. The minimum Gasteiger partial charge on any atom is -0.398 e. The van der Waals surface area contributed by atoms with Crippen LogP contribution in [0.4, 0.5) is 11.4 Å². The fraction of sp³-hybridized carbons (Fsp3) is 0.231. The molecule has 4 nitrogen and oxygen atoms in total. The SMILES string of the molecule is CC(=O)Nc1ccc2c(c1)c(N)cc(C)[n+]2C. The van der Waals surface area contributed by atoms with E-state index < -0.39 is 0 Å². The summed E-state index contributed by atoms with van der Waals surface area (Å²) >= 11 is 0. The summed E-state index contributed by atoms with van der Waals surface area (Å²) in [5.41, 5.74) is 9.64. The third-order valence-corrected chi connectivity index (χ3v) is 2.88. The molecule has 0 fully saturated rings. The lowest BCUT2D eigenvalue weighted by atomic mass is 10.1. The van der Waals surface area contributed by atoms with Crippen LogP contribution in [-0.4, -0.2) is 5.91 Å². The maximum Gasteiger partial charge on any atom is 0.221 e. The van der Waals surface area contributed by atoms with E-state index in [4.69, 9.17) is 5.73 Å². The number of nitrogens with one attached hydrogen (secondary N) is 1. The largest absolute Gasteiger partial charge is 0.398 e. The summed E-state index contributed by atoms with van der Waals surface area (Å²) in [6.45, 7) is 3.50. The highest BCUT2D eigenvalue weighted by molar-refractivity contribution is 5.95. The summed E-state index contributed by atoms with van der Waals surface area (Å²) in [6.07, 6.45) is 0. The van der Waals surface area contributed by atoms with Gasteiger partial charge in [-0.25, -0.2) is 0 Å². The number of fused-ring (bicyclic) bond motifs is 1. The molecule has 1 amide bonds. The summed E-state index contributed by atoms with van der Waals surface area (Å²) in [5.74, 6) is -0.0839. The predicted octanol–water partition coefficient (Wildman–Crippen LogP) is 1.51. The number of carbonyl (C=O) groups is 1. The molecule has 0 aliphatic heterocycles. The third-order valence-electron chi connectivity index (χ3n) is 2.88. The molecule has 0 aliphatic rings. The van der Waals surface area contributed by atoms with Gasteiger partial charge in [-0.1, -0.05) is 0 Å². The van der Waals surface area contributed by atoms with Crippen molar-refractivity contribution in [3.8, 4) is 0 Å². The van der Waals surface area contributed by atoms with E-state index in [1.807, 2.05) is 38.2 Å². The molecule has 1 aromatic heterocycles. The van der Waals surface area contributed by atoms with Crippen LogP contribution in [0.3, 0.4) is 0 Å². The molecule has 0 saturated carbocycles. The van der Waals surface area contributed by atoms with Crippen LogP contribution in [0, 0.1) is 6.92 Å². The quantitative estimate of drug-likeness (QED) is 0.730. The number of hydrogen-bond acceptors (Lipinski definition) is 2. The molecule has 17 heavy (non-hydrogen) atoms. The number of hydrogen-bond donors (Lipinski definition) is 2. The fourth-order valence-electron chi connectivity index (χ4n) is 1.93. The van der Waals surface area contributed by atoms with E-state index >= 15 is 0 Å². The first-order chi connectivity index (χ1) is 7.99. The Bertz CT molecular complexity index is 605. The summed E-state index contributed by atoms with van der Waals surface area (Å²) in [6, 6.07) is 7.66. The minimum absolute atomic E-state index is 0.0839. The number of carbonyl (C=O) groups excluding carboxylic acids is 1. The second-order valence-corrected chi connectivity index (χ2v) is 4.21. The van der Waals surface area contributed by atoms with Crippen molar-refractivity contribution < 1.29 is 9.36 Å². The predicted molar refractivity (Wildman–Crippen MR) is 68.6 cm³/mol. The van der Waals surface area contributed by atoms with Crippen LogP contribution in [-0.2, 0) is 11.8 Å². The second-order valence-electron chi connectivity index (χ2n) is 4.21. The molecule has 3 N–H and O–H groups in total. The number of anilines is 2. The van der Waals surface area contributed by atoms with Crippen LogP contribution in [0.2, 0.25) is 0 Å². The number of nitrogens with zero attached hydrogens (tertiary/aromatic N) is 1. The molecule has 1 aromatic carbocycles. The van der Waals surface area contributed by atoms with Crippen molar-refractivity contribution in [2.24, 2.45) is 7.05 Å². The van der Waals surface area contributed by atoms with Crippen LogP contribution in [0.15, 0.2) is 24.3 Å². The lowest BCUT2D eigenvalue weighted by Crippen LogP contribution is -2.33. The smallest absolute Gasteiger partial charge is 0.221 e. The highest BCUT2D eigenvalue weighted by atomic mass is 16.1. The molecule has 0 atom stereocenters. The molecule has 1 heterocycles. The van der Waals surface area contributed by atoms with Gasteiger partial charge in [-0.2, -0.15) is 4.57 Å². The minimum atomic E-state index is -0.0839. The van der Waals surface area contributed by atoms with Gasteiger partial charge in [-0.3, -0.25) is 4.79 Å². The normalized spacial score (nSPS) is 10.5. The molecule has 0 bridgehead atoms. The molecule has 0 aliphatic carbocycles. The summed E-state index contributed by atoms with van der Waals surface area (Å²) in [5, 5.41) is 3.70. The molecule has 2 aromatic rings. The Balaban J connectivity index is 2.66. The van der Waals surface area contributed by atoms with E-state index in [1.165, 1.54) is 6.92 Å². The van der Waals surface area contributed by atoms with Gasteiger partial charge in [0, 0.05) is 31.7 Å². The van der Waals surface area contributed by atoms with Gasteiger partial charge in [0.05, 0.1) is 11.1 Å². The molecule has 88 valence electrons.